The van der Waals surface area contributed by atoms with E-state index in [9.17, 15) is 22.8 Å². The Hall–Kier alpha value is -2.89. The molecular formula is C21H18F3NO2. The molecule has 0 atom stereocenters. The Morgan fingerprint density at radius 2 is 1.44 bits per heavy atom. The summed E-state index contributed by atoms with van der Waals surface area (Å²) in [5, 5.41) is 0. The lowest BCUT2D eigenvalue weighted by Gasteiger charge is -2.17. The summed E-state index contributed by atoms with van der Waals surface area (Å²) in [6.45, 7) is -0.289. The maximum atomic E-state index is 13.3. The van der Waals surface area contributed by atoms with Crippen molar-refractivity contribution in [1.82, 2.24) is 4.90 Å². The first-order chi connectivity index (χ1) is 12.9. The highest BCUT2D eigenvalue weighted by molar-refractivity contribution is 6.21. The van der Waals surface area contributed by atoms with Gasteiger partial charge in [0.15, 0.2) is 0 Å². The predicted octanol–water partition coefficient (Wildman–Crippen LogP) is 4.79. The molecule has 0 fully saturated rings. The number of imide groups is 1. The van der Waals surface area contributed by atoms with Crippen LogP contribution in [-0.4, -0.2) is 29.4 Å². The van der Waals surface area contributed by atoms with Gasteiger partial charge in [-0.1, -0.05) is 48.5 Å². The lowest BCUT2D eigenvalue weighted by Crippen LogP contribution is -2.32. The highest BCUT2D eigenvalue weighted by atomic mass is 19.4. The molecule has 0 bridgehead atoms. The van der Waals surface area contributed by atoms with Crippen LogP contribution in [0.4, 0.5) is 13.2 Å². The minimum absolute atomic E-state index is 0.237. The SMILES string of the molecule is O=C1c2ccccc2C(=O)N1CCC(=CCCc1ccccc1)C(F)(F)F. The van der Waals surface area contributed by atoms with Crippen molar-refractivity contribution in [2.45, 2.75) is 25.4 Å². The third kappa shape index (κ3) is 4.27. The van der Waals surface area contributed by atoms with Crippen molar-refractivity contribution in [1.29, 1.82) is 0 Å². The van der Waals surface area contributed by atoms with E-state index in [0.717, 1.165) is 16.5 Å². The summed E-state index contributed by atoms with van der Waals surface area (Å²) in [5.74, 6) is -1.08. The molecule has 6 heteroatoms. The first-order valence-electron chi connectivity index (χ1n) is 8.63. The van der Waals surface area contributed by atoms with Crippen LogP contribution >= 0.6 is 0 Å². The van der Waals surface area contributed by atoms with Crippen molar-refractivity contribution < 1.29 is 22.8 Å². The smallest absolute Gasteiger partial charge is 0.274 e. The molecule has 3 nitrogen and oxygen atoms in total. The molecule has 27 heavy (non-hydrogen) atoms. The van der Waals surface area contributed by atoms with E-state index in [1.807, 2.05) is 30.3 Å². The summed E-state index contributed by atoms with van der Waals surface area (Å²) in [7, 11) is 0. The number of carbonyl (C=O) groups excluding carboxylic acids is 2. The Bertz CT molecular complexity index is 837. The molecule has 1 heterocycles. The number of benzene rings is 2. The van der Waals surface area contributed by atoms with Gasteiger partial charge in [0, 0.05) is 12.1 Å². The molecule has 1 aliphatic heterocycles. The van der Waals surface area contributed by atoms with E-state index in [2.05, 4.69) is 0 Å². The first kappa shape index (κ1) is 18.9. The highest BCUT2D eigenvalue weighted by Crippen LogP contribution is 2.30. The Morgan fingerprint density at radius 3 is 2.00 bits per heavy atom. The van der Waals surface area contributed by atoms with E-state index in [1.165, 1.54) is 12.1 Å². The zero-order valence-corrected chi connectivity index (χ0v) is 14.5. The number of halogens is 3. The molecule has 0 spiro atoms. The Kier molecular flexibility index (Phi) is 5.44. The van der Waals surface area contributed by atoms with Gasteiger partial charge in [-0.25, -0.2) is 0 Å². The van der Waals surface area contributed by atoms with Gasteiger partial charge in [-0.3, -0.25) is 14.5 Å². The van der Waals surface area contributed by atoms with Crippen LogP contribution in [0, 0.1) is 0 Å². The number of allylic oxidation sites excluding steroid dienone is 1. The van der Waals surface area contributed by atoms with Gasteiger partial charge in [0.2, 0.25) is 0 Å². The fraction of sp³-hybridized carbons (Fsp3) is 0.238. The third-order valence-electron chi connectivity index (χ3n) is 4.51. The van der Waals surface area contributed by atoms with Crippen LogP contribution < -0.4 is 0 Å². The number of hydrogen-bond acceptors (Lipinski definition) is 2. The standard InChI is InChI=1S/C21H18F3NO2/c22-21(23,24)16(10-6-9-15-7-2-1-3-8-15)13-14-25-19(26)17-11-4-5-12-18(17)20(25)27/h1-5,7-8,10-12H,6,9,13-14H2. The average Bonchev–Trinajstić information content (AvgIpc) is 2.89. The van der Waals surface area contributed by atoms with Gasteiger partial charge in [0.05, 0.1) is 11.1 Å². The molecular weight excluding hydrogens is 355 g/mol. The Morgan fingerprint density at radius 1 is 0.889 bits per heavy atom. The summed E-state index contributed by atoms with van der Waals surface area (Å²) >= 11 is 0. The van der Waals surface area contributed by atoms with Gasteiger partial charge in [-0.2, -0.15) is 13.2 Å². The Labute approximate surface area is 155 Å². The lowest BCUT2D eigenvalue weighted by atomic mass is 10.1. The minimum atomic E-state index is -4.49. The molecule has 140 valence electrons. The summed E-state index contributed by atoms with van der Waals surface area (Å²) < 4.78 is 40.0. The van der Waals surface area contributed by atoms with Gasteiger partial charge in [-0.15, -0.1) is 0 Å². The summed E-state index contributed by atoms with van der Waals surface area (Å²) in [4.78, 5) is 25.4. The molecule has 0 saturated carbocycles. The van der Waals surface area contributed by atoms with Gasteiger partial charge >= 0.3 is 6.18 Å². The maximum Gasteiger partial charge on any atom is 0.412 e. The number of hydrogen-bond donors (Lipinski definition) is 0. The van der Waals surface area contributed by atoms with Crippen LogP contribution in [0.3, 0.4) is 0 Å². The van der Waals surface area contributed by atoms with E-state index < -0.39 is 30.0 Å². The van der Waals surface area contributed by atoms with E-state index in [4.69, 9.17) is 0 Å². The number of nitrogens with zero attached hydrogens (tertiary/aromatic N) is 1. The second kappa shape index (κ2) is 7.78. The van der Waals surface area contributed by atoms with Crippen molar-refractivity contribution in [2.75, 3.05) is 6.54 Å². The van der Waals surface area contributed by atoms with Gasteiger partial charge in [-0.05, 0) is 37.0 Å². The summed E-state index contributed by atoms with van der Waals surface area (Å²) in [6, 6.07) is 15.5. The molecule has 2 aromatic rings. The molecule has 3 rings (SSSR count). The molecule has 1 aliphatic rings. The Balaban J connectivity index is 1.67. The van der Waals surface area contributed by atoms with E-state index in [-0.39, 0.29) is 24.1 Å². The monoisotopic (exact) mass is 373 g/mol. The zero-order chi connectivity index (χ0) is 19.4. The second-order valence-corrected chi connectivity index (χ2v) is 6.31. The topological polar surface area (TPSA) is 37.4 Å². The highest BCUT2D eigenvalue weighted by Gasteiger charge is 2.37. The van der Waals surface area contributed by atoms with Gasteiger partial charge in [0.1, 0.15) is 0 Å². The molecule has 0 N–H and O–H groups in total. The van der Waals surface area contributed by atoms with Crippen molar-refractivity contribution in [3.05, 3.63) is 82.9 Å². The van der Waals surface area contributed by atoms with Crippen LogP contribution in [0.25, 0.3) is 0 Å². The van der Waals surface area contributed by atoms with Gasteiger partial charge in [0.25, 0.3) is 11.8 Å². The summed E-state index contributed by atoms with van der Waals surface area (Å²) in [6.07, 6.45) is -3.02. The van der Waals surface area contributed by atoms with Crippen LogP contribution in [-0.2, 0) is 6.42 Å². The molecule has 0 aromatic heterocycles. The number of alkyl halides is 3. The molecule has 0 aliphatic carbocycles. The van der Waals surface area contributed by atoms with Crippen molar-refractivity contribution >= 4 is 11.8 Å². The largest absolute Gasteiger partial charge is 0.412 e. The number of rotatable bonds is 6. The summed E-state index contributed by atoms with van der Waals surface area (Å²) in [5.41, 5.74) is 0.721. The second-order valence-electron chi connectivity index (χ2n) is 6.31. The zero-order valence-electron chi connectivity index (χ0n) is 14.5. The molecule has 0 radical (unpaired) electrons. The normalized spacial score (nSPS) is 14.6. The molecule has 2 amide bonds. The fourth-order valence-electron chi connectivity index (χ4n) is 3.09. The van der Waals surface area contributed by atoms with Crippen molar-refractivity contribution in [3.8, 4) is 0 Å². The minimum Gasteiger partial charge on any atom is -0.274 e. The molecule has 0 saturated heterocycles. The third-order valence-corrected chi connectivity index (χ3v) is 4.51. The van der Waals surface area contributed by atoms with Crippen molar-refractivity contribution in [3.63, 3.8) is 0 Å². The molecule has 0 unspecified atom stereocenters. The van der Waals surface area contributed by atoms with Crippen molar-refractivity contribution in [2.24, 2.45) is 0 Å². The van der Waals surface area contributed by atoms with Crippen LogP contribution in [0.2, 0.25) is 0 Å². The fourth-order valence-corrected chi connectivity index (χ4v) is 3.09. The number of aryl methyl sites for hydroxylation is 1. The maximum absolute atomic E-state index is 13.3. The average molecular weight is 373 g/mol. The van der Waals surface area contributed by atoms with E-state index >= 15 is 0 Å². The van der Waals surface area contributed by atoms with E-state index in [1.54, 1.807) is 12.1 Å². The number of carbonyl (C=O) groups is 2. The quantitative estimate of drug-likeness (QED) is 0.539. The van der Waals surface area contributed by atoms with Crippen LogP contribution in [0.1, 0.15) is 39.1 Å². The van der Waals surface area contributed by atoms with E-state index in [0.29, 0.717) is 6.42 Å². The number of amides is 2. The lowest BCUT2D eigenvalue weighted by molar-refractivity contribution is -0.0945. The number of fused-ring (bicyclic) bond motifs is 1. The van der Waals surface area contributed by atoms with Crippen LogP contribution in [0.15, 0.2) is 66.2 Å². The predicted molar refractivity (Wildman–Crippen MR) is 95.3 cm³/mol. The van der Waals surface area contributed by atoms with Crippen LogP contribution in [0.5, 0.6) is 0 Å². The molecule has 2 aromatic carbocycles. The first-order valence-corrected chi connectivity index (χ1v) is 8.63. The van der Waals surface area contributed by atoms with Gasteiger partial charge < -0.3 is 0 Å².